The maximum absolute atomic E-state index is 12.1. The molecule has 0 aliphatic carbocycles. The van der Waals surface area contributed by atoms with Crippen molar-refractivity contribution in [3.05, 3.63) is 29.8 Å². The van der Waals surface area contributed by atoms with Crippen LogP contribution in [0.5, 0.6) is 5.75 Å². The van der Waals surface area contributed by atoms with Gasteiger partial charge >= 0.3 is 5.97 Å². The second-order valence-corrected chi connectivity index (χ2v) is 10.6. The van der Waals surface area contributed by atoms with Gasteiger partial charge in [0.1, 0.15) is 36.8 Å². The molecule has 0 spiro atoms. The molecule has 0 radical (unpaired) electrons. The van der Waals surface area contributed by atoms with E-state index in [0.717, 1.165) is 49.0 Å². The molecule has 0 amide bonds. The third kappa shape index (κ3) is 9.50. The summed E-state index contributed by atoms with van der Waals surface area (Å²) in [4.78, 5) is 12.1. The van der Waals surface area contributed by atoms with E-state index >= 15 is 0 Å². The van der Waals surface area contributed by atoms with Gasteiger partial charge < -0.3 is 33.3 Å². The monoisotopic (exact) mass is 528 g/mol. The van der Waals surface area contributed by atoms with Crippen molar-refractivity contribution in [3.8, 4) is 5.75 Å². The van der Waals surface area contributed by atoms with Gasteiger partial charge in [-0.05, 0) is 70.3 Å². The van der Waals surface area contributed by atoms with Crippen LogP contribution in [0, 0.1) is 0 Å². The second kappa shape index (κ2) is 15.1. The summed E-state index contributed by atoms with van der Waals surface area (Å²) in [6.07, 6.45) is 2.30. The lowest BCUT2D eigenvalue weighted by atomic mass is 9.85. The predicted molar refractivity (Wildman–Crippen MR) is 140 cm³/mol. The Morgan fingerprint density at radius 1 is 1.08 bits per heavy atom. The van der Waals surface area contributed by atoms with E-state index in [9.17, 15) is 15.0 Å². The van der Waals surface area contributed by atoms with Crippen molar-refractivity contribution in [2.45, 2.75) is 115 Å². The molecule has 2 N–H and O–H groups in total. The number of unbranched alkanes of at least 4 members (excludes halogenated alkanes) is 3. The number of ether oxygens (including phenoxy) is 4. The Morgan fingerprint density at radius 3 is 2.36 bits per heavy atom. The smallest absolute Gasteiger partial charge is 0.306 e. The maximum Gasteiger partial charge on any atom is 0.306 e. The minimum atomic E-state index is -1.11. The zero-order chi connectivity index (χ0) is 26.7. The van der Waals surface area contributed by atoms with Crippen LogP contribution >= 0.6 is 12.0 Å². The average Bonchev–Trinajstić information content (AvgIpc) is 2.83. The summed E-state index contributed by atoms with van der Waals surface area (Å²) in [5.74, 6) is 0.561. The van der Waals surface area contributed by atoms with E-state index in [4.69, 9.17) is 23.1 Å². The van der Waals surface area contributed by atoms with Gasteiger partial charge in [0.15, 0.2) is 0 Å². The van der Waals surface area contributed by atoms with Crippen LogP contribution < -0.4 is 4.74 Å². The third-order valence-electron chi connectivity index (χ3n) is 6.29. The molecular formula is C27H44O8S. The lowest BCUT2D eigenvalue weighted by Gasteiger charge is -2.48. The van der Waals surface area contributed by atoms with Crippen molar-refractivity contribution in [1.82, 2.24) is 0 Å². The highest BCUT2D eigenvalue weighted by atomic mass is 32.2. The van der Waals surface area contributed by atoms with Crippen LogP contribution in [-0.4, -0.2) is 71.8 Å². The quantitative estimate of drug-likeness (QED) is 0.194. The molecule has 1 heterocycles. The van der Waals surface area contributed by atoms with Gasteiger partial charge in [-0.15, -0.1) is 0 Å². The molecule has 1 fully saturated rings. The van der Waals surface area contributed by atoms with Crippen LogP contribution in [-0.2, 0) is 29.8 Å². The van der Waals surface area contributed by atoms with Crippen molar-refractivity contribution >= 4 is 18.0 Å². The van der Waals surface area contributed by atoms with Gasteiger partial charge in [0.05, 0.1) is 24.9 Å². The Bertz CT molecular complexity index is 770. The highest BCUT2D eigenvalue weighted by Gasteiger charge is 2.51. The van der Waals surface area contributed by atoms with Gasteiger partial charge in [0, 0.05) is 12.7 Å². The Labute approximate surface area is 220 Å². The molecule has 9 heteroatoms. The molecule has 206 valence electrons. The number of aliphatic hydroxyl groups is 2. The predicted octanol–water partition coefficient (Wildman–Crippen LogP) is 4.44. The molecule has 2 rings (SSSR count). The summed E-state index contributed by atoms with van der Waals surface area (Å²) in [7, 11) is 1.61. The lowest BCUT2D eigenvalue weighted by Crippen LogP contribution is -2.64. The van der Waals surface area contributed by atoms with Gasteiger partial charge in [-0.2, -0.15) is 0 Å². The molecule has 0 aromatic heterocycles. The van der Waals surface area contributed by atoms with Crippen molar-refractivity contribution in [2.75, 3.05) is 13.4 Å². The SMILES string of the molecule is COc1ccc(COC(=O)CCCCCCC2O[C@@H](C(C)(C)OC(C)C)[C@@H](O)[C@@H](O)[C@@H]2OSC)cc1. The van der Waals surface area contributed by atoms with Crippen LogP contribution in [0.1, 0.15) is 71.8 Å². The first-order chi connectivity index (χ1) is 17.1. The number of carbonyl (C=O) groups excluding carboxylic acids is 1. The number of esters is 1. The summed E-state index contributed by atoms with van der Waals surface area (Å²) in [5.41, 5.74) is 0.148. The molecule has 36 heavy (non-hydrogen) atoms. The Morgan fingerprint density at radius 2 is 1.75 bits per heavy atom. The number of rotatable bonds is 15. The molecule has 1 aromatic carbocycles. The number of hydrogen-bond donors (Lipinski definition) is 2. The van der Waals surface area contributed by atoms with Gasteiger partial charge in [-0.3, -0.25) is 4.79 Å². The lowest BCUT2D eigenvalue weighted by molar-refractivity contribution is -0.266. The van der Waals surface area contributed by atoms with Crippen LogP contribution in [0.4, 0.5) is 0 Å². The second-order valence-electron chi connectivity index (χ2n) is 10.0. The van der Waals surface area contributed by atoms with Crippen LogP contribution in [0.25, 0.3) is 0 Å². The minimum Gasteiger partial charge on any atom is -0.497 e. The Kier molecular flexibility index (Phi) is 13.0. The van der Waals surface area contributed by atoms with E-state index in [-0.39, 0.29) is 24.8 Å². The van der Waals surface area contributed by atoms with Crippen molar-refractivity contribution in [3.63, 3.8) is 0 Å². The molecule has 5 atom stereocenters. The number of methoxy groups -OCH3 is 1. The standard InChI is InChI=1S/C27H44O8S/c1-18(2)34-27(3,4)26-24(30)23(29)25(35-36-6)21(33-26)11-9-7-8-10-12-22(28)32-17-19-13-15-20(31-5)16-14-19/h13-16,18,21,23-26,29-30H,7-12,17H2,1-6H3/t21?,23-,24+,25-,26-/m1/s1. The summed E-state index contributed by atoms with van der Waals surface area (Å²) in [6.45, 7) is 7.85. The van der Waals surface area contributed by atoms with Crippen LogP contribution in [0.2, 0.25) is 0 Å². The number of hydrogen-bond acceptors (Lipinski definition) is 9. The molecule has 1 unspecified atom stereocenters. The maximum atomic E-state index is 12.1. The van der Waals surface area contributed by atoms with E-state index in [2.05, 4.69) is 0 Å². The number of carbonyl (C=O) groups is 1. The fourth-order valence-corrected chi connectivity index (χ4v) is 5.04. The van der Waals surface area contributed by atoms with E-state index in [1.54, 1.807) is 13.4 Å². The highest BCUT2D eigenvalue weighted by Crippen LogP contribution is 2.35. The van der Waals surface area contributed by atoms with E-state index in [1.165, 1.54) is 0 Å². The van der Waals surface area contributed by atoms with Crippen LogP contribution in [0.3, 0.4) is 0 Å². The first-order valence-electron chi connectivity index (χ1n) is 12.8. The number of benzene rings is 1. The van der Waals surface area contributed by atoms with Gasteiger partial charge in [-0.25, -0.2) is 0 Å². The summed E-state index contributed by atoms with van der Waals surface area (Å²) in [5, 5.41) is 21.5. The zero-order valence-electron chi connectivity index (χ0n) is 22.5. The van der Waals surface area contributed by atoms with Gasteiger partial charge in [0.25, 0.3) is 0 Å². The third-order valence-corrected chi connectivity index (χ3v) is 6.71. The molecule has 1 aliphatic heterocycles. The van der Waals surface area contributed by atoms with Crippen molar-refractivity contribution in [2.24, 2.45) is 0 Å². The number of aliphatic hydroxyl groups excluding tert-OH is 2. The first-order valence-corrected chi connectivity index (χ1v) is 13.9. The van der Waals surface area contributed by atoms with Crippen LogP contribution in [0.15, 0.2) is 24.3 Å². The van der Waals surface area contributed by atoms with Gasteiger partial charge in [-0.1, -0.05) is 31.4 Å². The fourth-order valence-electron chi connectivity index (χ4n) is 4.58. The normalized spacial score (nSPS) is 24.6. The largest absolute Gasteiger partial charge is 0.497 e. The van der Waals surface area contributed by atoms with Crippen molar-refractivity contribution in [1.29, 1.82) is 0 Å². The first kappa shape index (κ1) is 30.9. The highest BCUT2D eigenvalue weighted by molar-refractivity contribution is 7.93. The van der Waals surface area contributed by atoms with Crippen molar-refractivity contribution < 1.29 is 38.1 Å². The van der Waals surface area contributed by atoms with E-state index in [1.807, 2.05) is 52.0 Å². The molecule has 0 bridgehead atoms. The summed E-state index contributed by atoms with van der Waals surface area (Å²) in [6, 6.07) is 7.44. The van der Waals surface area contributed by atoms with Gasteiger partial charge in [0.2, 0.25) is 0 Å². The van der Waals surface area contributed by atoms with E-state index in [0.29, 0.717) is 12.8 Å². The molecule has 8 nitrogen and oxygen atoms in total. The fraction of sp³-hybridized carbons (Fsp3) is 0.741. The molecule has 1 aromatic rings. The molecule has 1 saturated heterocycles. The Hall–Kier alpha value is -1.36. The summed E-state index contributed by atoms with van der Waals surface area (Å²) < 4.78 is 28.4. The van der Waals surface area contributed by atoms with E-state index < -0.39 is 30.0 Å². The molecular weight excluding hydrogens is 484 g/mol. The molecule has 0 saturated carbocycles. The minimum absolute atomic E-state index is 0.0468. The zero-order valence-corrected chi connectivity index (χ0v) is 23.3. The summed E-state index contributed by atoms with van der Waals surface area (Å²) >= 11 is 1.15. The molecule has 1 aliphatic rings. The topological polar surface area (TPSA) is 104 Å². The average molecular weight is 529 g/mol. The Balaban J connectivity index is 1.75.